The summed E-state index contributed by atoms with van der Waals surface area (Å²) in [5.74, 6) is -0.805. The molecule has 0 aliphatic heterocycles. The molecule has 21 heavy (non-hydrogen) atoms. The van der Waals surface area contributed by atoms with E-state index in [1.165, 1.54) is 24.0 Å². The average Bonchev–Trinajstić information content (AvgIpc) is 2.70. The number of sulfonamides is 1. The van der Waals surface area contributed by atoms with Gasteiger partial charge in [0.1, 0.15) is 21.5 Å². The van der Waals surface area contributed by atoms with Gasteiger partial charge in [0.25, 0.3) is 10.0 Å². The van der Waals surface area contributed by atoms with E-state index in [2.05, 4.69) is 25.8 Å². The lowest BCUT2D eigenvalue weighted by molar-refractivity contribution is 0.569. The molecule has 1 heterocycles. The number of thiocarbonyl (C=S) groups is 1. The van der Waals surface area contributed by atoms with E-state index >= 15 is 0 Å². The Morgan fingerprint density at radius 1 is 1.52 bits per heavy atom. The number of rotatable bonds is 4. The van der Waals surface area contributed by atoms with Gasteiger partial charge in [0.15, 0.2) is 0 Å². The molecule has 0 unspecified atom stereocenters. The SMILES string of the molecule is Cn1ncc(C(N)=S)c1NS(=O)(=O)c1ccc(Br)cc1F. The Labute approximate surface area is 134 Å². The highest BCUT2D eigenvalue weighted by atomic mass is 79.9. The van der Waals surface area contributed by atoms with Crippen LogP contribution in [-0.2, 0) is 17.1 Å². The van der Waals surface area contributed by atoms with Gasteiger partial charge < -0.3 is 5.73 Å². The molecule has 0 aliphatic rings. The molecule has 2 aromatic rings. The summed E-state index contributed by atoms with van der Waals surface area (Å²) in [6, 6.07) is 3.64. The maximum atomic E-state index is 13.8. The lowest BCUT2D eigenvalue weighted by Gasteiger charge is -2.11. The van der Waals surface area contributed by atoms with Crippen molar-refractivity contribution in [3.05, 3.63) is 40.2 Å². The van der Waals surface area contributed by atoms with Crippen molar-refractivity contribution in [2.45, 2.75) is 4.90 Å². The van der Waals surface area contributed by atoms with E-state index in [9.17, 15) is 12.8 Å². The van der Waals surface area contributed by atoms with Crippen molar-refractivity contribution in [3.8, 4) is 0 Å². The van der Waals surface area contributed by atoms with Crippen LogP contribution in [-0.4, -0.2) is 23.2 Å². The van der Waals surface area contributed by atoms with Gasteiger partial charge >= 0.3 is 0 Å². The smallest absolute Gasteiger partial charge is 0.265 e. The quantitative estimate of drug-likeness (QED) is 0.773. The van der Waals surface area contributed by atoms with Crippen LogP contribution < -0.4 is 10.5 Å². The maximum Gasteiger partial charge on any atom is 0.265 e. The summed E-state index contributed by atoms with van der Waals surface area (Å²) in [4.78, 5) is -0.502. The predicted octanol–water partition coefficient (Wildman–Crippen LogP) is 1.76. The molecule has 10 heteroatoms. The lowest BCUT2D eigenvalue weighted by atomic mass is 10.3. The second-order valence-corrected chi connectivity index (χ2v) is 7.08. The molecule has 6 nitrogen and oxygen atoms in total. The molecule has 1 aromatic heterocycles. The van der Waals surface area contributed by atoms with E-state index in [1.807, 2.05) is 0 Å². The first-order valence-corrected chi connectivity index (χ1v) is 8.20. The number of nitrogens with zero attached hydrogens (tertiary/aromatic N) is 2. The fourth-order valence-corrected chi connectivity index (χ4v) is 3.27. The van der Waals surface area contributed by atoms with Crippen molar-refractivity contribution in [2.24, 2.45) is 12.8 Å². The topological polar surface area (TPSA) is 90.0 Å². The van der Waals surface area contributed by atoms with Gasteiger partial charge in [-0.1, -0.05) is 28.1 Å². The van der Waals surface area contributed by atoms with Crippen LogP contribution in [0.4, 0.5) is 10.2 Å². The maximum absolute atomic E-state index is 13.8. The van der Waals surface area contributed by atoms with Gasteiger partial charge in [0.05, 0.1) is 11.8 Å². The molecule has 2 rings (SSSR count). The number of anilines is 1. The largest absolute Gasteiger partial charge is 0.389 e. The fraction of sp³-hybridized carbons (Fsp3) is 0.0909. The lowest BCUT2D eigenvalue weighted by Crippen LogP contribution is -2.20. The molecular formula is C11H10BrFN4O2S2. The third-order valence-corrected chi connectivity index (χ3v) is 4.70. The Morgan fingerprint density at radius 2 is 2.19 bits per heavy atom. The third kappa shape index (κ3) is 3.22. The molecule has 3 N–H and O–H groups in total. The van der Waals surface area contributed by atoms with Crippen LogP contribution in [0.15, 0.2) is 33.8 Å². The van der Waals surface area contributed by atoms with Crippen LogP contribution in [0.1, 0.15) is 5.56 Å². The van der Waals surface area contributed by atoms with E-state index < -0.39 is 20.7 Å². The van der Waals surface area contributed by atoms with Crippen molar-refractivity contribution in [1.82, 2.24) is 9.78 Å². The van der Waals surface area contributed by atoms with Crippen molar-refractivity contribution in [1.29, 1.82) is 0 Å². The molecule has 0 atom stereocenters. The zero-order valence-electron chi connectivity index (χ0n) is 10.7. The van der Waals surface area contributed by atoms with Crippen molar-refractivity contribution < 1.29 is 12.8 Å². The van der Waals surface area contributed by atoms with Gasteiger partial charge in [-0.3, -0.25) is 9.40 Å². The Hall–Kier alpha value is -1.52. The summed E-state index contributed by atoms with van der Waals surface area (Å²) < 4.78 is 42.3. The molecule has 0 aliphatic carbocycles. The Bertz CT molecular complexity index is 820. The second-order valence-electron chi connectivity index (χ2n) is 4.07. The van der Waals surface area contributed by atoms with E-state index in [-0.39, 0.29) is 16.4 Å². The zero-order valence-corrected chi connectivity index (χ0v) is 13.9. The van der Waals surface area contributed by atoms with E-state index in [0.29, 0.717) is 4.47 Å². The van der Waals surface area contributed by atoms with Gasteiger partial charge in [0.2, 0.25) is 0 Å². The summed E-state index contributed by atoms with van der Waals surface area (Å²) in [5, 5.41) is 3.87. The van der Waals surface area contributed by atoms with Crippen LogP contribution in [0.3, 0.4) is 0 Å². The highest BCUT2D eigenvalue weighted by molar-refractivity contribution is 9.10. The number of nitrogens with two attached hydrogens (primary N) is 1. The van der Waals surface area contributed by atoms with E-state index in [1.54, 1.807) is 0 Å². The van der Waals surface area contributed by atoms with Crippen molar-refractivity contribution >= 4 is 49.0 Å². The highest BCUT2D eigenvalue weighted by Gasteiger charge is 2.23. The first kappa shape index (κ1) is 15.9. The summed E-state index contributed by atoms with van der Waals surface area (Å²) in [6.07, 6.45) is 1.33. The van der Waals surface area contributed by atoms with Crippen LogP contribution in [0.2, 0.25) is 0 Å². The standard InChI is InChI=1S/C11H10BrFN4O2S2/c1-17-11(7(5-15-17)10(14)20)16-21(18,19)9-3-2-6(12)4-8(9)13/h2-5,16H,1H3,(H2,14,20). The van der Waals surface area contributed by atoms with Gasteiger partial charge in [-0.25, -0.2) is 12.8 Å². The second kappa shape index (κ2) is 5.70. The molecule has 112 valence electrons. The summed E-state index contributed by atoms with van der Waals surface area (Å²) in [5.41, 5.74) is 5.76. The molecule has 0 fully saturated rings. The third-order valence-electron chi connectivity index (χ3n) is 2.62. The number of aryl methyl sites for hydroxylation is 1. The Balaban J connectivity index is 2.47. The number of benzene rings is 1. The average molecular weight is 393 g/mol. The molecule has 0 saturated heterocycles. The summed E-state index contributed by atoms with van der Waals surface area (Å²) in [6.45, 7) is 0. The van der Waals surface area contributed by atoms with Crippen LogP contribution in [0.5, 0.6) is 0 Å². The molecule has 0 spiro atoms. The first-order chi connectivity index (χ1) is 9.72. The minimum absolute atomic E-state index is 0.0166. The monoisotopic (exact) mass is 392 g/mol. The van der Waals surface area contributed by atoms with Crippen molar-refractivity contribution in [2.75, 3.05) is 4.72 Å². The summed E-state index contributed by atoms with van der Waals surface area (Å²) >= 11 is 7.88. The predicted molar refractivity (Wildman–Crippen MR) is 84.0 cm³/mol. The summed E-state index contributed by atoms with van der Waals surface area (Å²) in [7, 11) is -2.62. The number of nitrogens with one attached hydrogen (secondary N) is 1. The molecule has 0 bridgehead atoms. The zero-order chi connectivity index (χ0) is 15.8. The van der Waals surface area contributed by atoms with Gasteiger partial charge in [0, 0.05) is 11.5 Å². The molecular weight excluding hydrogens is 383 g/mol. The van der Waals surface area contributed by atoms with Gasteiger partial charge in [-0.05, 0) is 18.2 Å². The number of aromatic nitrogens is 2. The van der Waals surface area contributed by atoms with Crippen molar-refractivity contribution in [3.63, 3.8) is 0 Å². The van der Waals surface area contributed by atoms with Gasteiger partial charge in [-0.15, -0.1) is 0 Å². The van der Waals surface area contributed by atoms with Gasteiger partial charge in [-0.2, -0.15) is 5.10 Å². The molecule has 0 saturated carbocycles. The normalized spacial score (nSPS) is 11.4. The van der Waals surface area contributed by atoms with E-state index in [4.69, 9.17) is 18.0 Å². The van der Waals surface area contributed by atoms with Crippen LogP contribution >= 0.6 is 28.1 Å². The highest BCUT2D eigenvalue weighted by Crippen LogP contribution is 2.23. The molecule has 0 radical (unpaired) electrons. The Kier molecular flexibility index (Phi) is 4.30. The van der Waals surface area contributed by atoms with E-state index in [0.717, 1.165) is 12.1 Å². The van der Waals surface area contributed by atoms with Crippen LogP contribution in [0.25, 0.3) is 0 Å². The number of hydrogen-bond donors (Lipinski definition) is 2. The Morgan fingerprint density at radius 3 is 2.76 bits per heavy atom. The minimum Gasteiger partial charge on any atom is -0.389 e. The minimum atomic E-state index is -4.13. The fourth-order valence-electron chi connectivity index (χ4n) is 1.61. The molecule has 0 amide bonds. The molecule has 1 aromatic carbocycles. The van der Waals surface area contributed by atoms with Crippen LogP contribution in [0, 0.1) is 5.82 Å². The first-order valence-electron chi connectivity index (χ1n) is 5.52. The number of hydrogen-bond acceptors (Lipinski definition) is 4. The number of halogens is 2.